The third-order valence-corrected chi connectivity index (χ3v) is 3.04. The molecule has 0 aromatic heterocycles. The topological polar surface area (TPSA) is 86.8 Å². The van der Waals surface area contributed by atoms with E-state index in [9.17, 15) is 19.2 Å². The lowest BCUT2D eigenvalue weighted by molar-refractivity contribution is -0.175. The van der Waals surface area contributed by atoms with Gasteiger partial charge in [-0.3, -0.25) is 19.2 Å². The molecule has 7 nitrogen and oxygen atoms in total. The van der Waals surface area contributed by atoms with Crippen LogP contribution in [-0.2, 0) is 19.2 Å². The molecule has 1 aliphatic rings. The number of hydrogen-bond donors (Lipinski definition) is 1. The zero-order chi connectivity index (χ0) is 16.9. The van der Waals surface area contributed by atoms with E-state index in [1.54, 1.807) is 0 Å². The van der Waals surface area contributed by atoms with Gasteiger partial charge in [0.2, 0.25) is 11.8 Å². The molecule has 0 aliphatic heterocycles. The second kappa shape index (κ2) is 7.35. The Morgan fingerprint density at radius 3 is 1.91 bits per heavy atom. The minimum absolute atomic E-state index is 0.263. The summed E-state index contributed by atoms with van der Waals surface area (Å²) in [6.45, 7) is 11.4. The summed E-state index contributed by atoms with van der Waals surface area (Å²) >= 11 is 0. The predicted molar refractivity (Wildman–Crippen MR) is 79.6 cm³/mol. The zero-order valence-corrected chi connectivity index (χ0v) is 12.4. The molecule has 1 saturated carbocycles. The van der Waals surface area contributed by atoms with E-state index in [1.165, 1.54) is 6.92 Å². The lowest BCUT2D eigenvalue weighted by Crippen LogP contribution is -2.60. The summed E-state index contributed by atoms with van der Waals surface area (Å²) < 4.78 is 0. The summed E-state index contributed by atoms with van der Waals surface area (Å²) in [5.41, 5.74) is 0. The van der Waals surface area contributed by atoms with Crippen LogP contribution >= 0.6 is 0 Å². The van der Waals surface area contributed by atoms with E-state index in [-0.39, 0.29) is 5.92 Å². The van der Waals surface area contributed by atoms with E-state index in [0.29, 0.717) is 17.9 Å². The second-order valence-electron chi connectivity index (χ2n) is 4.74. The normalized spacial score (nSPS) is 14.2. The largest absolute Gasteiger partial charge is 0.331 e. The van der Waals surface area contributed by atoms with Gasteiger partial charge in [-0.15, -0.1) is 0 Å². The van der Waals surface area contributed by atoms with E-state index in [4.69, 9.17) is 0 Å². The van der Waals surface area contributed by atoms with Crippen molar-refractivity contribution in [1.82, 2.24) is 15.3 Å². The Hall–Kier alpha value is -2.70. The molecule has 0 radical (unpaired) electrons. The highest BCUT2D eigenvalue weighted by Gasteiger charge is 2.41. The van der Waals surface area contributed by atoms with Gasteiger partial charge in [-0.05, 0) is 38.0 Å². The molecule has 1 unspecified atom stereocenters. The summed E-state index contributed by atoms with van der Waals surface area (Å²) in [5.74, 6) is -2.77. The highest BCUT2D eigenvalue weighted by Crippen LogP contribution is 2.32. The Morgan fingerprint density at radius 1 is 1.05 bits per heavy atom. The van der Waals surface area contributed by atoms with E-state index in [2.05, 4.69) is 25.1 Å². The van der Waals surface area contributed by atoms with Crippen LogP contribution < -0.4 is 5.32 Å². The van der Waals surface area contributed by atoms with E-state index in [1.807, 2.05) is 0 Å². The van der Waals surface area contributed by atoms with Crippen LogP contribution in [-0.4, -0.2) is 39.8 Å². The predicted octanol–water partition coefficient (Wildman–Crippen LogP) is 0.515. The summed E-state index contributed by atoms with van der Waals surface area (Å²) in [6, 6.07) is 0. The van der Waals surface area contributed by atoms with Gasteiger partial charge in [0, 0.05) is 5.92 Å². The summed E-state index contributed by atoms with van der Waals surface area (Å²) in [7, 11) is 0. The molecular weight excluding hydrogens is 286 g/mol. The number of imide groups is 1. The van der Waals surface area contributed by atoms with Crippen molar-refractivity contribution in [2.24, 2.45) is 5.92 Å². The molecule has 1 atom stereocenters. The van der Waals surface area contributed by atoms with Crippen molar-refractivity contribution in [2.45, 2.75) is 25.9 Å². The zero-order valence-electron chi connectivity index (χ0n) is 12.4. The third-order valence-electron chi connectivity index (χ3n) is 3.04. The minimum atomic E-state index is -0.911. The van der Waals surface area contributed by atoms with E-state index < -0.39 is 29.8 Å². The van der Waals surface area contributed by atoms with Gasteiger partial charge in [0.25, 0.3) is 11.8 Å². The van der Waals surface area contributed by atoms with Crippen LogP contribution in [0.3, 0.4) is 0 Å². The molecule has 1 fully saturated rings. The van der Waals surface area contributed by atoms with Gasteiger partial charge in [-0.1, -0.05) is 19.7 Å². The monoisotopic (exact) mass is 305 g/mol. The first-order valence-corrected chi connectivity index (χ1v) is 6.76. The molecule has 4 amide bonds. The molecule has 1 aliphatic carbocycles. The Kier molecular flexibility index (Phi) is 5.80. The summed E-state index contributed by atoms with van der Waals surface area (Å²) in [4.78, 5) is 47.8. The van der Waals surface area contributed by atoms with Crippen LogP contribution in [0.1, 0.15) is 19.8 Å². The maximum atomic E-state index is 12.4. The number of nitrogens with zero attached hydrogens (tertiary/aromatic N) is 2. The SMILES string of the molecule is C=CC(=O)NC(C)N(C(=O)C1CC1)N(C(=O)C=C)C(=O)C=C. The molecule has 1 N–H and O–H groups in total. The number of carbonyl (C=O) groups is 4. The number of rotatable bonds is 6. The maximum Gasteiger partial charge on any atom is 0.272 e. The average molecular weight is 305 g/mol. The van der Waals surface area contributed by atoms with Crippen LogP contribution in [0.2, 0.25) is 0 Å². The average Bonchev–Trinajstić information content (AvgIpc) is 3.34. The molecule has 0 heterocycles. The molecule has 7 heteroatoms. The fourth-order valence-electron chi connectivity index (χ4n) is 1.80. The first-order valence-electron chi connectivity index (χ1n) is 6.76. The standard InChI is InChI=1S/C15H19N3O4/c1-5-12(19)16-10(4)17(15(22)11-8-9-11)18(13(20)6-2)14(21)7-3/h5-7,10-11H,1-3,8-9H2,4H3,(H,16,19). The number of nitrogens with one attached hydrogen (secondary N) is 1. The number of carbonyl (C=O) groups excluding carboxylic acids is 4. The van der Waals surface area contributed by atoms with E-state index in [0.717, 1.165) is 23.2 Å². The highest BCUT2D eigenvalue weighted by atomic mass is 16.2. The number of hydrogen-bond acceptors (Lipinski definition) is 4. The van der Waals surface area contributed by atoms with Crippen LogP contribution in [0.4, 0.5) is 0 Å². The highest BCUT2D eigenvalue weighted by molar-refractivity contribution is 6.06. The Bertz CT molecular complexity index is 517. The second-order valence-corrected chi connectivity index (χ2v) is 4.74. The lowest BCUT2D eigenvalue weighted by atomic mass is 10.3. The Morgan fingerprint density at radius 2 is 1.55 bits per heavy atom. The quantitative estimate of drug-likeness (QED) is 0.440. The maximum absolute atomic E-state index is 12.4. The first kappa shape index (κ1) is 17.4. The lowest BCUT2D eigenvalue weighted by Gasteiger charge is -2.36. The molecule has 0 spiro atoms. The summed E-state index contributed by atoms with van der Waals surface area (Å²) in [6.07, 6.45) is 3.30. The van der Waals surface area contributed by atoms with Gasteiger partial charge < -0.3 is 5.32 Å². The van der Waals surface area contributed by atoms with Crippen LogP contribution in [0.25, 0.3) is 0 Å². The van der Waals surface area contributed by atoms with Crippen molar-refractivity contribution in [3.63, 3.8) is 0 Å². The van der Waals surface area contributed by atoms with Crippen LogP contribution in [0.5, 0.6) is 0 Å². The van der Waals surface area contributed by atoms with Gasteiger partial charge in [-0.25, -0.2) is 5.01 Å². The molecule has 1 rings (SSSR count). The van der Waals surface area contributed by atoms with Crippen LogP contribution in [0, 0.1) is 5.92 Å². The number of hydrazine groups is 1. The fourth-order valence-corrected chi connectivity index (χ4v) is 1.80. The van der Waals surface area contributed by atoms with Crippen molar-refractivity contribution in [1.29, 1.82) is 0 Å². The molecule has 0 saturated heterocycles. The molecule has 22 heavy (non-hydrogen) atoms. The van der Waals surface area contributed by atoms with E-state index >= 15 is 0 Å². The fraction of sp³-hybridized carbons (Fsp3) is 0.333. The Labute approximate surface area is 128 Å². The van der Waals surface area contributed by atoms with Gasteiger partial charge in [0.05, 0.1) is 0 Å². The molecule has 0 bridgehead atoms. The van der Waals surface area contributed by atoms with Crippen molar-refractivity contribution in [3.8, 4) is 0 Å². The Balaban J connectivity index is 3.16. The van der Waals surface area contributed by atoms with Gasteiger partial charge >= 0.3 is 0 Å². The molecule has 0 aromatic carbocycles. The third kappa shape index (κ3) is 3.91. The smallest absolute Gasteiger partial charge is 0.272 e. The van der Waals surface area contributed by atoms with Crippen molar-refractivity contribution in [2.75, 3.05) is 0 Å². The molecular formula is C15H19N3O4. The molecule has 118 valence electrons. The number of amides is 4. The first-order chi connectivity index (χ1) is 10.4. The van der Waals surface area contributed by atoms with Gasteiger partial charge in [0.1, 0.15) is 6.17 Å². The van der Waals surface area contributed by atoms with Gasteiger partial charge in [-0.2, -0.15) is 5.01 Å². The summed E-state index contributed by atoms with van der Waals surface area (Å²) in [5, 5.41) is 4.04. The minimum Gasteiger partial charge on any atom is -0.331 e. The van der Waals surface area contributed by atoms with Crippen LogP contribution in [0.15, 0.2) is 38.0 Å². The van der Waals surface area contributed by atoms with Gasteiger partial charge in [0.15, 0.2) is 0 Å². The van der Waals surface area contributed by atoms with Crippen molar-refractivity contribution < 1.29 is 19.2 Å². The van der Waals surface area contributed by atoms with Crippen molar-refractivity contribution >= 4 is 23.6 Å². The molecule has 0 aromatic rings. The van der Waals surface area contributed by atoms with Crippen molar-refractivity contribution in [3.05, 3.63) is 38.0 Å².